The van der Waals surface area contributed by atoms with Gasteiger partial charge in [0.15, 0.2) is 0 Å². The largest absolute Gasteiger partial charge is 0.397 e. The molecule has 4 nitrogen and oxygen atoms in total. The molecule has 0 spiro atoms. The zero-order valence-corrected chi connectivity index (χ0v) is 12.0. The quantitative estimate of drug-likeness (QED) is 0.914. The van der Waals surface area contributed by atoms with Crippen molar-refractivity contribution in [2.45, 2.75) is 13.0 Å². The van der Waals surface area contributed by atoms with Crippen LogP contribution in [0.15, 0.2) is 47.1 Å². The van der Waals surface area contributed by atoms with Crippen LogP contribution in [0.1, 0.15) is 29.0 Å². The first-order valence-electron chi connectivity index (χ1n) is 5.84. The first kappa shape index (κ1) is 13.5. The van der Waals surface area contributed by atoms with Gasteiger partial charge in [-0.3, -0.25) is 4.79 Å². The Morgan fingerprint density at radius 2 is 2.05 bits per heavy atom. The molecule has 0 fully saturated rings. The van der Waals surface area contributed by atoms with Crippen LogP contribution in [0.3, 0.4) is 0 Å². The number of nitrogens with two attached hydrogens (primary N) is 1. The number of nitrogens with one attached hydrogen (secondary N) is 1. The number of carbonyl (C=O) groups excluding carboxylic acids is 1. The van der Waals surface area contributed by atoms with Gasteiger partial charge in [0.1, 0.15) is 5.69 Å². The summed E-state index contributed by atoms with van der Waals surface area (Å²) >= 11 is 3.47. The number of rotatable bonds is 3. The van der Waals surface area contributed by atoms with Gasteiger partial charge < -0.3 is 11.1 Å². The predicted octanol–water partition coefficient (Wildman–Crippen LogP) is 2.92. The fourth-order valence-electron chi connectivity index (χ4n) is 1.71. The molecular weight excluding hydrogens is 306 g/mol. The zero-order valence-electron chi connectivity index (χ0n) is 10.4. The standard InChI is InChI=1S/C14H14BrN3O/c1-9(11-4-2-3-5-12(11)15)18-14(19)13-7-6-10(16)8-17-13/h2-9H,16H2,1H3,(H,18,19). The number of pyridine rings is 1. The van der Waals surface area contributed by atoms with E-state index in [9.17, 15) is 4.79 Å². The summed E-state index contributed by atoms with van der Waals surface area (Å²) in [4.78, 5) is 16.0. The van der Waals surface area contributed by atoms with E-state index in [0.29, 0.717) is 11.4 Å². The third kappa shape index (κ3) is 3.32. The number of halogens is 1. The van der Waals surface area contributed by atoms with Crippen molar-refractivity contribution < 1.29 is 4.79 Å². The summed E-state index contributed by atoms with van der Waals surface area (Å²) in [6, 6.07) is 10.9. The molecule has 1 amide bonds. The molecule has 1 heterocycles. The molecule has 2 aromatic rings. The maximum Gasteiger partial charge on any atom is 0.270 e. The molecule has 1 atom stereocenters. The van der Waals surface area contributed by atoms with Crippen LogP contribution in [0.25, 0.3) is 0 Å². The highest BCUT2D eigenvalue weighted by Gasteiger charge is 2.14. The van der Waals surface area contributed by atoms with Crippen LogP contribution >= 0.6 is 15.9 Å². The van der Waals surface area contributed by atoms with Gasteiger partial charge in [-0.2, -0.15) is 0 Å². The van der Waals surface area contributed by atoms with E-state index in [-0.39, 0.29) is 11.9 Å². The van der Waals surface area contributed by atoms with Gasteiger partial charge in [-0.05, 0) is 30.7 Å². The summed E-state index contributed by atoms with van der Waals surface area (Å²) in [5, 5.41) is 2.90. The average Bonchev–Trinajstić information content (AvgIpc) is 2.39. The molecular formula is C14H14BrN3O. The number of benzene rings is 1. The Bertz CT molecular complexity index is 583. The highest BCUT2D eigenvalue weighted by atomic mass is 79.9. The van der Waals surface area contributed by atoms with E-state index >= 15 is 0 Å². The molecule has 3 N–H and O–H groups in total. The molecule has 0 radical (unpaired) electrons. The number of nitrogens with zero attached hydrogens (tertiary/aromatic N) is 1. The Labute approximate surface area is 120 Å². The Morgan fingerprint density at radius 3 is 2.68 bits per heavy atom. The lowest BCUT2D eigenvalue weighted by molar-refractivity contribution is 0.0935. The second kappa shape index (κ2) is 5.84. The Morgan fingerprint density at radius 1 is 1.32 bits per heavy atom. The van der Waals surface area contributed by atoms with Gasteiger partial charge in [-0.15, -0.1) is 0 Å². The van der Waals surface area contributed by atoms with E-state index in [0.717, 1.165) is 10.0 Å². The normalized spacial score (nSPS) is 11.9. The second-order valence-corrected chi connectivity index (χ2v) is 5.05. The number of carbonyl (C=O) groups is 1. The smallest absolute Gasteiger partial charge is 0.270 e. The van der Waals surface area contributed by atoms with Crippen molar-refractivity contribution in [1.82, 2.24) is 10.3 Å². The highest BCUT2D eigenvalue weighted by Crippen LogP contribution is 2.22. The van der Waals surface area contributed by atoms with Crippen LogP contribution in [0, 0.1) is 0 Å². The second-order valence-electron chi connectivity index (χ2n) is 4.19. The summed E-state index contributed by atoms with van der Waals surface area (Å²) < 4.78 is 0.966. The number of hydrogen-bond acceptors (Lipinski definition) is 3. The topological polar surface area (TPSA) is 68.0 Å². The Hall–Kier alpha value is -1.88. The monoisotopic (exact) mass is 319 g/mol. The summed E-state index contributed by atoms with van der Waals surface area (Å²) in [5.74, 6) is -0.219. The van der Waals surface area contributed by atoms with Crippen LogP contribution in [-0.4, -0.2) is 10.9 Å². The van der Waals surface area contributed by atoms with Crippen molar-refractivity contribution in [3.8, 4) is 0 Å². The molecule has 19 heavy (non-hydrogen) atoms. The minimum atomic E-state index is -0.219. The molecule has 1 unspecified atom stereocenters. The molecule has 0 aliphatic rings. The van der Waals surface area contributed by atoms with Crippen molar-refractivity contribution >= 4 is 27.5 Å². The minimum absolute atomic E-state index is 0.109. The molecule has 1 aromatic heterocycles. The molecule has 98 valence electrons. The predicted molar refractivity (Wildman–Crippen MR) is 78.7 cm³/mol. The van der Waals surface area contributed by atoms with Crippen molar-refractivity contribution in [2.75, 3.05) is 5.73 Å². The SMILES string of the molecule is CC(NC(=O)c1ccc(N)cn1)c1ccccc1Br. The van der Waals surface area contributed by atoms with Gasteiger partial charge >= 0.3 is 0 Å². The lowest BCUT2D eigenvalue weighted by atomic mass is 10.1. The molecule has 0 aliphatic heterocycles. The molecule has 5 heteroatoms. The van der Waals surface area contributed by atoms with Gasteiger partial charge in [0, 0.05) is 4.47 Å². The fourth-order valence-corrected chi connectivity index (χ4v) is 2.34. The third-order valence-electron chi connectivity index (χ3n) is 2.74. The molecule has 0 aliphatic carbocycles. The van der Waals surface area contributed by atoms with Crippen LogP contribution in [0.5, 0.6) is 0 Å². The van der Waals surface area contributed by atoms with Crippen LogP contribution in [0.2, 0.25) is 0 Å². The summed E-state index contributed by atoms with van der Waals surface area (Å²) in [6.07, 6.45) is 1.47. The van der Waals surface area contributed by atoms with Crippen molar-refractivity contribution in [3.05, 3.63) is 58.3 Å². The van der Waals surface area contributed by atoms with Crippen molar-refractivity contribution in [2.24, 2.45) is 0 Å². The van der Waals surface area contributed by atoms with Gasteiger partial charge in [-0.25, -0.2) is 4.98 Å². The van der Waals surface area contributed by atoms with Gasteiger partial charge in [-0.1, -0.05) is 34.1 Å². The molecule has 1 aromatic carbocycles. The lowest BCUT2D eigenvalue weighted by Crippen LogP contribution is -2.27. The average molecular weight is 320 g/mol. The number of aromatic nitrogens is 1. The summed E-state index contributed by atoms with van der Waals surface area (Å²) in [7, 11) is 0. The van der Waals surface area contributed by atoms with E-state index in [1.807, 2.05) is 31.2 Å². The molecule has 0 saturated carbocycles. The van der Waals surface area contributed by atoms with Crippen LogP contribution in [-0.2, 0) is 0 Å². The number of nitrogen functional groups attached to an aromatic ring is 1. The molecule has 2 rings (SSSR count). The summed E-state index contributed by atoms with van der Waals surface area (Å²) in [5.41, 5.74) is 7.45. The van der Waals surface area contributed by atoms with Gasteiger partial charge in [0.25, 0.3) is 5.91 Å². The van der Waals surface area contributed by atoms with E-state index in [4.69, 9.17) is 5.73 Å². The zero-order chi connectivity index (χ0) is 13.8. The van der Waals surface area contributed by atoms with E-state index in [1.165, 1.54) is 6.20 Å². The van der Waals surface area contributed by atoms with E-state index in [2.05, 4.69) is 26.2 Å². The summed E-state index contributed by atoms with van der Waals surface area (Å²) in [6.45, 7) is 1.93. The maximum atomic E-state index is 12.0. The first-order chi connectivity index (χ1) is 9.08. The molecule has 0 saturated heterocycles. The molecule has 0 bridgehead atoms. The van der Waals surface area contributed by atoms with E-state index < -0.39 is 0 Å². The van der Waals surface area contributed by atoms with Gasteiger partial charge in [0.05, 0.1) is 17.9 Å². The Balaban J connectivity index is 2.11. The highest BCUT2D eigenvalue weighted by molar-refractivity contribution is 9.10. The number of anilines is 1. The third-order valence-corrected chi connectivity index (χ3v) is 3.46. The van der Waals surface area contributed by atoms with Gasteiger partial charge in [0.2, 0.25) is 0 Å². The Kier molecular flexibility index (Phi) is 4.16. The maximum absolute atomic E-state index is 12.0. The van der Waals surface area contributed by atoms with Crippen molar-refractivity contribution in [1.29, 1.82) is 0 Å². The number of hydrogen-bond donors (Lipinski definition) is 2. The van der Waals surface area contributed by atoms with Crippen LogP contribution in [0.4, 0.5) is 5.69 Å². The first-order valence-corrected chi connectivity index (χ1v) is 6.64. The minimum Gasteiger partial charge on any atom is -0.397 e. The lowest BCUT2D eigenvalue weighted by Gasteiger charge is -2.15. The number of amides is 1. The fraction of sp³-hybridized carbons (Fsp3) is 0.143. The van der Waals surface area contributed by atoms with Crippen LogP contribution < -0.4 is 11.1 Å². The van der Waals surface area contributed by atoms with E-state index in [1.54, 1.807) is 12.1 Å². The van der Waals surface area contributed by atoms with Crippen molar-refractivity contribution in [3.63, 3.8) is 0 Å².